The van der Waals surface area contributed by atoms with Gasteiger partial charge in [0.2, 0.25) is 0 Å². The highest BCUT2D eigenvalue weighted by atomic mass is 35.5. The highest BCUT2D eigenvalue weighted by molar-refractivity contribution is 7.92. The van der Waals surface area contributed by atoms with Crippen molar-refractivity contribution in [2.45, 2.75) is 18.6 Å². The van der Waals surface area contributed by atoms with E-state index in [4.69, 9.17) is 11.6 Å². The van der Waals surface area contributed by atoms with Crippen LogP contribution in [0.5, 0.6) is 0 Å². The molecule has 1 N–H and O–H groups in total. The number of nitrogens with zero attached hydrogens (tertiary/aromatic N) is 2. The molecule has 1 aromatic carbocycles. The van der Waals surface area contributed by atoms with Gasteiger partial charge in [0, 0.05) is 32.2 Å². The minimum absolute atomic E-state index is 0.0243. The van der Waals surface area contributed by atoms with Crippen LogP contribution in [-0.4, -0.2) is 57.0 Å². The van der Waals surface area contributed by atoms with E-state index in [1.807, 2.05) is 25.1 Å². The van der Waals surface area contributed by atoms with Crippen LogP contribution in [0, 0.1) is 0 Å². The fourth-order valence-electron chi connectivity index (χ4n) is 2.51. The van der Waals surface area contributed by atoms with Crippen molar-refractivity contribution in [3.05, 3.63) is 23.2 Å². The van der Waals surface area contributed by atoms with Gasteiger partial charge in [-0.2, -0.15) is 0 Å². The van der Waals surface area contributed by atoms with Crippen LogP contribution < -0.4 is 10.2 Å². The number of amides is 2. The number of hydrogen-bond donors (Lipinski definition) is 1. The monoisotopic (exact) mass is 359 g/mol. The Morgan fingerprint density at radius 2 is 2.00 bits per heavy atom. The maximum atomic E-state index is 12.5. The molecule has 1 aliphatic rings. The Balaban J connectivity index is 2.19. The van der Waals surface area contributed by atoms with Crippen LogP contribution in [0.4, 0.5) is 16.2 Å². The molecule has 0 atom stereocenters. The van der Waals surface area contributed by atoms with Crippen molar-refractivity contribution >= 4 is 38.8 Å². The fraction of sp³-hybridized carbons (Fsp3) is 0.533. The maximum Gasteiger partial charge on any atom is 0.321 e. The zero-order valence-corrected chi connectivity index (χ0v) is 15.3. The molecule has 128 valence electrons. The third kappa shape index (κ3) is 3.72. The molecule has 2 amide bonds. The molecule has 0 bridgehead atoms. The van der Waals surface area contributed by atoms with E-state index in [0.717, 1.165) is 5.69 Å². The Morgan fingerprint density at radius 1 is 1.35 bits per heavy atom. The molecular weight excluding hydrogens is 338 g/mol. The van der Waals surface area contributed by atoms with Crippen molar-refractivity contribution in [1.82, 2.24) is 4.90 Å². The van der Waals surface area contributed by atoms with Gasteiger partial charge in [0.25, 0.3) is 0 Å². The average molecular weight is 360 g/mol. The van der Waals surface area contributed by atoms with Gasteiger partial charge in [-0.1, -0.05) is 11.6 Å². The van der Waals surface area contributed by atoms with E-state index in [9.17, 15) is 13.2 Å². The summed E-state index contributed by atoms with van der Waals surface area (Å²) in [6.07, 6.45) is 0. The summed E-state index contributed by atoms with van der Waals surface area (Å²) >= 11 is 6.01. The molecule has 8 heteroatoms. The van der Waals surface area contributed by atoms with Crippen LogP contribution in [0.2, 0.25) is 5.02 Å². The molecule has 0 spiro atoms. The lowest BCUT2D eigenvalue weighted by Crippen LogP contribution is -2.55. The van der Waals surface area contributed by atoms with Gasteiger partial charge in [-0.15, -0.1) is 0 Å². The first-order valence-corrected chi connectivity index (χ1v) is 9.32. The highest BCUT2D eigenvalue weighted by Crippen LogP contribution is 2.29. The molecule has 0 unspecified atom stereocenters. The molecule has 0 radical (unpaired) electrons. The van der Waals surface area contributed by atoms with E-state index in [-0.39, 0.29) is 24.9 Å². The molecule has 1 heterocycles. The molecular formula is C15H22ClN3O3S. The summed E-state index contributed by atoms with van der Waals surface area (Å²) in [6, 6.07) is 4.94. The van der Waals surface area contributed by atoms with E-state index in [2.05, 4.69) is 5.32 Å². The number of rotatable bonds is 2. The van der Waals surface area contributed by atoms with Crippen LogP contribution in [0.3, 0.4) is 0 Å². The Labute approximate surface area is 142 Å². The van der Waals surface area contributed by atoms with Crippen molar-refractivity contribution in [2.75, 3.05) is 43.2 Å². The molecule has 2 rings (SSSR count). The summed E-state index contributed by atoms with van der Waals surface area (Å²) in [6.45, 7) is 3.65. The van der Waals surface area contributed by atoms with Gasteiger partial charge < -0.3 is 15.1 Å². The minimum atomic E-state index is -3.18. The molecule has 0 aliphatic carbocycles. The van der Waals surface area contributed by atoms with Crippen LogP contribution in [0.25, 0.3) is 0 Å². The van der Waals surface area contributed by atoms with Gasteiger partial charge in [0.15, 0.2) is 9.84 Å². The lowest BCUT2D eigenvalue weighted by Gasteiger charge is -2.37. The molecule has 1 aromatic rings. The second kappa shape index (κ2) is 6.20. The van der Waals surface area contributed by atoms with E-state index in [1.54, 1.807) is 26.0 Å². The second-order valence-corrected chi connectivity index (χ2v) is 9.67. The van der Waals surface area contributed by atoms with Gasteiger partial charge in [-0.05, 0) is 32.0 Å². The van der Waals surface area contributed by atoms with Gasteiger partial charge >= 0.3 is 6.03 Å². The summed E-state index contributed by atoms with van der Waals surface area (Å²) in [5.41, 5.74) is 1.42. The largest absolute Gasteiger partial charge is 0.376 e. The van der Waals surface area contributed by atoms with E-state index in [0.29, 0.717) is 10.7 Å². The normalized spacial score (nSPS) is 19.3. The smallest absolute Gasteiger partial charge is 0.321 e. The molecule has 1 saturated heterocycles. The number of hydrogen-bond acceptors (Lipinski definition) is 4. The minimum Gasteiger partial charge on any atom is -0.376 e. The van der Waals surface area contributed by atoms with Gasteiger partial charge in [-0.3, -0.25) is 0 Å². The number of halogens is 1. The Hall–Kier alpha value is -1.47. The van der Waals surface area contributed by atoms with Gasteiger partial charge in [-0.25, -0.2) is 13.2 Å². The van der Waals surface area contributed by atoms with Crippen LogP contribution >= 0.6 is 11.6 Å². The predicted molar refractivity (Wildman–Crippen MR) is 94.2 cm³/mol. The van der Waals surface area contributed by atoms with E-state index >= 15 is 0 Å². The van der Waals surface area contributed by atoms with Gasteiger partial charge in [0.05, 0.1) is 21.9 Å². The summed E-state index contributed by atoms with van der Waals surface area (Å²) in [5.74, 6) is -0.0243. The average Bonchev–Trinajstić information content (AvgIpc) is 2.41. The number of nitrogens with one attached hydrogen (secondary N) is 1. The number of carbonyl (C=O) groups excluding carboxylic acids is 1. The summed E-state index contributed by atoms with van der Waals surface area (Å²) in [4.78, 5) is 15.9. The lowest BCUT2D eigenvalue weighted by molar-refractivity contribution is 0.206. The standard InChI is InChI=1S/C15H22ClN3O3S/c1-15(2)10-19(7-8-23(15,21)22)14(20)17-12-9-11(16)5-6-13(12)18(3)4/h5-6,9H,7-8,10H2,1-4H3,(H,17,20). The van der Waals surface area contributed by atoms with E-state index in [1.165, 1.54) is 4.90 Å². The van der Waals surface area contributed by atoms with Crippen molar-refractivity contribution in [3.63, 3.8) is 0 Å². The first-order valence-electron chi connectivity index (χ1n) is 7.28. The highest BCUT2D eigenvalue weighted by Gasteiger charge is 2.41. The molecule has 6 nitrogen and oxygen atoms in total. The summed E-state index contributed by atoms with van der Waals surface area (Å²) in [7, 11) is 0.561. The topological polar surface area (TPSA) is 69.7 Å². The molecule has 0 saturated carbocycles. The second-order valence-electron chi connectivity index (χ2n) is 6.49. The predicted octanol–water partition coefficient (Wildman–Crippen LogP) is 2.45. The number of carbonyl (C=O) groups is 1. The lowest BCUT2D eigenvalue weighted by atomic mass is 10.2. The van der Waals surface area contributed by atoms with Crippen molar-refractivity contribution < 1.29 is 13.2 Å². The first-order chi connectivity index (χ1) is 10.5. The SMILES string of the molecule is CN(C)c1ccc(Cl)cc1NC(=O)N1CCS(=O)(=O)C(C)(C)C1. The first kappa shape index (κ1) is 17.9. The quantitative estimate of drug-likeness (QED) is 0.880. The zero-order chi connectivity index (χ0) is 17.4. The third-order valence-electron chi connectivity index (χ3n) is 4.01. The molecule has 0 aromatic heterocycles. The number of benzene rings is 1. The van der Waals surface area contributed by atoms with Crippen LogP contribution in [0.1, 0.15) is 13.8 Å². The molecule has 23 heavy (non-hydrogen) atoms. The number of urea groups is 1. The third-order valence-corrected chi connectivity index (χ3v) is 6.78. The van der Waals surface area contributed by atoms with Crippen molar-refractivity contribution in [2.24, 2.45) is 0 Å². The maximum absolute atomic E-state index is 12.5. The zero-order valence-electron chi connectivity index (χ0n) is 13.8. The van der Waals surface area contributed by atoms with Crippen molar-refractivity contribution in [3.8, 4) is 0 Å². The van der Waals surface area contributed by atoms with Gasteiger partial charge in [0.1, 0.15) is 0 Å². The van der Waals surface area contributed by atoms with Crippen LogP contribution in [-0.2, 0) is 9.84 Å². The fourth-order valence-corrected chi connectivity index (χ4v) is 4.05. The molecule has 1 aliphatic heterocycles. The summed E-state index contributed by atoms with van der Waals surface area (Å²) in [5, 5.41) is 3.35. The molecule has 1 fully saturated rings. The van der Waals surface area contributed by atoms with E-state index < -0.39 is 14.6 Å². The Bertz CT molecular complexity index is 717. The Morgan fingerprint density at radius 3 is 2.57 bits per heavy atom. The summed E-state index contributed by atoms with van der Waals surface area (Å²) < 4.78 is 23.1. The number of sulfone groups is 1. The Kier molecular flexibility index (Phi) is 4.82. The van der Waals surface area contributed by atoms with Crippen molar-refractivity contribution in [1.29, 1.82) is 0 Å². The van der Waals surface area contributed by atoms with Crippen LogP contribution in [0.15, 0.2) is 18.2 Å². The number of anilines is 2.